The van der Waals surface area contributed by atoms with Gasteiger partial charge in [-0.2, -0.15) is 0 Å². The highest BCUT2D eigenvalue weighted by atomic mass is 15.1. The fourth-order valence-corrected chi connectivity index (χ4v) is 3.50. The summed E-state index contributed by atoms with van der Waals surface area (Å²) in [5.74, 6) is 2.17. The average molecular weight is 277 g/mol. The van der Waals surface area contributed by atoms with E-state index in [0.717, 1.165) is 18.9 Å². The summed E-state index contributed by atoms with van der Waals surface area (Å²) < 4.78 is 2.32. The van der Waals surface area contributed by atoms with Gasteiger partial charge >= 0.3 is 0 Å². The molecular formula is C17H31N3. The number of rotatable bonds is 7. The topological polar surface area (TPSA) is 29.9 Å². The molecule has 0 aromatic carbocycles. The van der Waals surface area contributed by atoms with Gasteiger partial charge in [0.05, 0.1) is 0 Å². The maximum absolute atomic E-state index is 4.56. The Balaban J connectivity index is 1.88. The van der Waals surface area contributed by atoms with Crippen LogP contribution in [-0.4, -0.2) is 22.6 Å². The molecule has 1 N–H and O–H groups in total. The maximum atomic E-state index is 4.56. The van der Waals surface area contributed by atoms with E-state index in [1.54, 1.807) is 0 Å². The number of imidazole rings is 1. The maximum Gasteiger partial charge on any atom is 0.110 e. The van der Waals surface area contributed by atoms with Crippen LogP contribution >= 0.6 is 0 Å². The second-order valence-corrected chi connectivity index (χ2v) is 6.32. The van der Waals surface area contributed by atoms with Crippen LogP contribution in [0, 0.1) is 5.92 Å². The summed E-state index contributed by atoms with van der Waals surface area (Å²) in [7, 11) is 2.11. The molecule has 1 atom stereocenters. The monoisotopic (exact) mass is 277 g/mol. The predicted molar refractivity (Wildman–Crippen MR) is 84.9 cm³/mol. The first kappa shape index (κ1) is 15.6. The second-order valence-electron chi connectivity index (χ2n) is 6.32. The van der Waals surface area contributed by atoms with Crippen LogP contribution in [0.15, 0.2) is 12.4 Å². The first-order chi connectivity index (χ1) is 9.83. The van der Waals surface area contributed by atoms with Crippen molar-refractivity contribution in [1.82, 2.24) is 14.9 Å². The van der Waals surface area contributed by atoms with Crippen LogP contribution in [0.25, 0.3) is 0 Å². The van der Waals surface area contributed by atoms with E-state index in [-0.39, 0.29) is 0 Å². The summed E-state index contributed by atoms with van der Waals surface area (Å²) in [5, 5.41) is 3.52. The molecule has 0 bridgehead atoms. The first-order valence-electron chi connectivity index (χ1n) is 8.50. The van der Waals surface area contributed by atoms with E-state index >= 15 is 0 Å². The number of likely N-dealkylation sites (N-methyl/N-ethyl adjacent to an activating group) is 1. The fraction of sp³-hybridized carbons (Fsp3) is 0.824. The lowest BCUT2D eigenvalue weighted by Crippen LogP contribution is -2.31. The molecule has 20 heavy (non-hydrogen) atoms. The smallest absolute Gasteiger partial charge is 0.110 e. The van der Waals surface area contributed by atoms with Crippen molar-refractivity contribution in [3.63, 3.8) is 0 Å². The Bertz CT molecular complexity index is 364. The van der Waals surface area contributed by atoms with E-state index in [2.05, 4.69) is 35.0 Å². The molecule has 0 saturated heterocycles. The normalized spacial score (nSPS) is 18.9. The summed E-state index contributed by atoms with van der Waals surface area (Å²) in [6.45, 7) is 3.32. The van der Waals surface area contributed by atoms with Gasteiger partial charge in [0.25, 0.3) is 0 Å². The molecule has 0 amide bonds. The van der Waals surface area contributed by atoms with Gasteiger partial charge in [0.2, 0.25) is 0 Å². The quantitative estimate of drug-likeness (QED) is 0.769. The molecule has 1 fully saturated rings. The van der Waals surface area contributed by atoms with Gasteiger partial charge in [-0.3, -0.25) is 0 Å². The van der Waals surface area contributed by atoms with Crippen molar-refractivity contribution in [3.05, 3.63) is 18.2 Å². The molecule has 0 radical (unpaired) electrons. The molecule has 114 valence electrons. The largest absolute Gasteiger partial charge is 0.335 e. The first-order valence-corrected chi connectivity index (χ1v) is 8.50. The van der Waals surface area contributed by atoms with Gasteiger partial charge in [0.1, 0.15) is 5.82 Å². The molecule has 1 heterocycles. The molecule has 1 aromatic heterocycles. The zero-order chi connectivity index (χ0) is 14.2. The minimum absolute atomic E-state index is 0.580. The van der Waals surface area contributed by atoms with E-state index in [4.69, 9.17) is 0 Å². The Morgan fingerprint density at radius 1 is 1.30 bits per heavy atom. The molecular weight excluding hydrogens is 246 g/mol. The van der Waals surface area contributed by atoms with E-state index in [1.807, 2.05) is 6.20 Å². The standard InChI is InChI=1S/C17H31N3/c1-3-11-20-12-10-19-17(20)14-16(18-2)13-15-8-6-4-5-7-9-15/h10,12,15-16,18H,3-9,11,13-14H2,1-2H3. The van der Waals surface area contributed by atoms with E-state index in [9.17, 15) is 0 Å². The molecule has 3 nitrogen and oxygen atoms in total. The Morgan fingerprint density at radius 2 is 2.05 bits per heavy atom. The molecule has 2 rings (SSSR count). The predicted octanol–water partition coefficient (Wildman–Crippen LogP) is 3.78. The molecule has 3 heteroatoms. The minimum atomic E-state index is 0.580. The van der Waals surface area contributed by atoms with Crippen molar-refractivity contribution >= 4 is 0 Å². The lowest BCUT2D eigenvalue weighted by molar-refractivity contribution is 0.356. The van der Waals surface area contributed by atoms with Crippen molar-refractivity contribution in [3.8, 4) is 0 Å². The molecule has 1 saturated carbocycles. The molecule has 1 aliphatic carbocycles. The van der Waals surface area contributed by atoms with Gasteiger partial charge in [-0.05, 0) is 25.8 Å². The van der Waals surface area contributed by atoms with Gasteiger partial charge in [0, 0.05) is 31.4 Å². The third kappa shape index (κ3) is 4.62. The molecule has 1 unspecified atom stereocenters. The second kappa shape index (κ2) is 8.46. The third-order valence-corrected chi connectivity index (χ3v) is 4.70. The van der Waals surface area contributed by atoms with Crippen LogP contribution in [0.3, 0.4) is 0 Å². The van der Waals surface area contributed by atoms with Gasteiger partial charge in [0.15, 0.2) is 0 Å². The summed E-state index contributed by atoms with van der Waals surface area (Å²) in [5.41, 5.74) is 0. The summed E-state index contributed by atoms with van der Waals surface area (Å²) in [6, 6.07) is 0.580. The Labute approximate surface area is 124 Å². The average Bonchev–Trinajstić information content (AvgIpc) is 2.73. The highest BCUT2D eigenvalue weighted by molar-refractivity contribution is 4.96. The van der Waals surface area contributed by atoms with Crippen LogP contribution < -0.4 is 5.32 Å². The fourth-order valence-electron chi connectivity index (χ4n) is 3.50. The number of aryl methyl sites for hydroxylation is 1. The van der Waals surface area contributed by atoms with Crippen LogP contribution in [0.4, 0.5) is 0 Å². The van der Waals surface area contributed by atoms with Crippen molar-refractivity contribution in [2.45, 2.75) is 77.3 Å². The number of aromatic nitrogens is 2. The Kier molecular flexibility index (Phi) is 6.58. The van der Waals surface area contributed by atoms with E-state index < -0.39 is 0 Å². The number of hydrogen-bond donors (Lipinski definition) is 1. The highest BCUT2D eigenvalue weighted by Gasteiger charge is 2.18. The lowest BCUT2D eigenvalue weighted by atomic mass is 9.91. The zero-order valence-electron chi connectivity index (χ0n) is 13.3. The van der Waals surface area contributed by atoms with Crippen molar-refractivity contribution < 1.29 is 0 Å². The van der Waals surface area contributed by atoms with Crippen LogP contribution in [0.2, 0.25) is 0 Å². The molecule has 0 aliphatic heterocycles. The van der Waals surface area contributed by atoms with Crippen molar-refractivity contribution in [2.24, 2.45) is 5.92 Å². The molecule has 0 spiro atoms. The van der Waals surface area contributed by atoms with Gasteiger partial charge in [-0.1, -0.05) is 45.4 Å². The van der Waals surface area contributed by atoms with Crippen molar-refractivity contribution in [1.29, 1.82) is 0 Å². The van der Waals surface area contributed by atoms with Gasteiger partial charge < -0.3 is 9.88 Å². The van der Waals surface area contributed by atoms with Crippen LogP contribution in [0.5, 0.6) is 0 Å². The van der Waals surface area contributed by atoms with Crippen LogP contribution in [0.1, 0.15) is 64.1 Å². The number of nitrogens with one attached hydrogen (secondary N) is 1. The Hall–Kier alpha value is -0.830. The third-order valence-electron chi connectivity index (χ3n) is 4.70. The Morgan fingerprint density at radius 3 is 2.70 bits per heavy atom. The summed E-state index contributed by atoms with van der Waals surface area (Å²) in [4.78, 5) is 4.56. The van der Waals surface area contributed by atoms with Gasteiger partial charge in [-0.15, -0.1) is 0 Å². The highest BCUT2D eigenvalue weighted by Crippen LogP contribution is 2.27. The van der Waals surface area contributed by atoms with Crippen LogP contribution in [-0.2, 0) is 13.0 Å². The molecule has 1 aliphatic rings. The number of hydrogen-bond acceptors (Lipinski definition) is 2. The lowest BCUT2D eigenvalue weighted by Gasteiger charge is -2.22. The van der Waals surface area contributed by atoms with E-state index in [0.29, 0.717) is 6.04 Å². The summed E-state index contributed by atoms with van der Waals surface area (Å²) >= 11 is 0. The minimum Gasteiger partial charge on any atom is -0.335 e. The number of nitrogens with zero attached hydrogens (tertiary/aromatic N) is 2. The molecule has 1 aromatic rings. The zero-order valence-corrected chi connectivity index (χ0v) is 13.3. The van der Waals surface area contributed by atoms with Gasteiger partial charge in [-0.25, -0.2) is 4.98 Å². The van der Waals surface area contributed by atoms with Crippen molar-refractivity contribution in [2.75, 3.05) is 7.05 Å². The summed E-state index contributed by atoms with van der Waals surface area (Å²) in [6.07, 6.45) is 16.3. The SMILES string of the molecule is CCCn1ccnc1CC(CC1CCCCCC1)NC. The van der Waals surface area contributed by atoms with E-state index in [1.165, 1.54) is 57.2 Å².